The maximum atomic E-state index is 9.52. The minimum atomic E-state index is 0.264. The SMILES string of the molecule is NCCN(c1ccccc1)c1cccc(O)c1. The number of para-hydroxylation sites is 1. The van der Waals surface area contributed by atoms with Gasteiger partial charge in [-0.2, -0.15) is 0 Å². The lowest BCUT2D eigenvalue weighted by atomic mass is 10.2. The number of rotatable bonds is 4. The molecule has 3 heteroatoms. The summed E-state index contributed by atoms with van der Waals surface area (Å²) >= 11 is 0. The fourth-order valence-corrected chi connectivity index (χ4v) is 1.81. The molecule has 0 bridgehead atoms. The van der Waals surface area contributed by atoms with E-state index in [1.165, 1.54) is 0 Å². The van der Waals surface area contributed by atoms with E-state index >= 15 is 0 Å². The molecule has 0 saturated heterocycles. The van der Waals surface area contributed by atoms with E-state index in [-0.39, 0.29) is 5.75 Å². The molecule has 0 heterocycles. The largest absolute Gasteiger partial charge is 0.508 e. The van der Waals surface area contributed by atoms with Crippen LogP contribution in [0.1, 0.15) is 0 Å². The van der Waals surface area contributed by atoms with Crippen molar-refractivity contribution in [2.75, 3.05) is 18.0 Å². The van der Waals surface area contributed by atoms with Crippen LogP contribution in [0.2, 0.25) is 0 Å². The van der Waals surface area contributed by atoms with Crippen molar-refractivity contribution in [2.24, 2.45) is 5.73 Å². The van der Waals surface area contributed by atoms with E-state index in [0.717, 1.165) is 11.4 Å². The van der Waals surface area contributed by atoms with Crippen molar-refractivity contribution in [2.45, 2.75) is 0 Å². The van der Waals surface area contributed by atoms with E-state index in [1.54, 1.807) is 12.1 Å². The Morgan fingerprint density at radius 1 is 0.941 bits per heavy atom. The summed E-state index contributed by atoms with van der Waals surface area (Å²) in [6.07, 6.45) is 0. The minimum absolute atomic E-state index is 0.264. The van der Waals surface area contributed by atoms with Gasteiger partial charge in [-0.1, -0.05) is 24.3 Å². The third kappa shape index (κ3) is 2.77. The van der Waals surface area contributed by atoms with Crippen molar-refractivity contribution in [3.05, 3.63) is 54.6 Å². The summed E-state index contributed by atoms with van der Waals surface area (Å²) in [7, 11) is 0. The second-order valence-electron chi connectivity index (χ2n) is 3.80. The van der Waals surface area contributed by atoms with Crippen molar-refractivity contribution in [1.29, 1.82) is 0 Å². The van der Waals surface area contributed by atoms with Crippen molar-refractivity contribution in [3.63, 3.8) is 0 Å². The molecule has 0 radical (unpaired) electrons. The fourth-order valence-electron chi connectivity index (χ4n) is 1.81. The quantitative estimate of drug-likeness (QED) is 0.845. The highest BCUT2D eigenvalue weighted by Gasteiger charge is 2.08. The molecule has 0 atom stereocenters. The minimum Gasteiger partial charge on any atom is -0.508 e. The highest BCUT2D eigenvalue weighted by molar-refractivity contribution is 5.64. The van der Waals surface area contributed by atoms with Crippen molar-refractivity contribution < 1.29 is 5.11 Å². The van der Waals surface area contributed by atoms with E-state index < -0.39 is 0 Å². The maximum Gasteiger partial charge on any atom is 0.117 e. The lowest BCUT2D eigenvalue weighted by Gasteiger charge is -2.24. The van der Waals surface area contributed by atoms with Crippen LogP contribution in [0.5, 0.6) is 5.75 Å². The first-order valence-electron chi connectivity index (χ1n) is 5.63. The Hall–Kier alpha value is -2.00. The molecule has 0 saturated carbocycles. The van der Waals surface area contributed by atoms with Gasteiger partial charge in [-0.3, -0.25) is 0 Å². The zero-order chi connectivity index (χ0) is 12.1. The second-order valence-corrected chi connectivity index (χ2v) is 3.80. The van der Waals surface area contributed by atoms with Crippen LogP contribution in [0, 0.1) is 0 Å². The van der Waals surface area contributed by atoms with Gasteiger partial charge < -0.3 is 15.7 Å². The summed E-state index contributed by atoms with van der Waals surface area (Å²) in [5.74, 6) is 0.264. The standard InChI is InChI=1S/C14H16N2O/c15-9-10-16(12-5-2-1-3-6-12)13-7-4-8-14(17)11-13/h1-8,11,17H,9-10,15H2. The molecule has 0 aromatic heterocycles. The van der Waals surface area contributed by atoms with Gasteiger partial charge in [0.05, 0.1) is 0 Å². The number of nitrogens with two attached hydrogens (primary N) is 1. The van der Waals surface area contributed by atoms with Crippen molar-refractivity contribution >= 4 is 11.4 Å². The molecule has 2 aromatic carbocycles. The molecule has 88 valence electrons. The Labute approximate surface area is 101 Å². The molecular formula is C14H16N2O. The fraction of sp³-hybridized carbons (Fsp3) is 0.143. The third-order valence-electron chi connectivity index (χ3n) is 2.56. The summed E-state index contributed by atoms with van der Waals surface area (Å²) in [6, 6.07) is 17.2. The first-order chi connectivity index (χ1) is 8.31. The van der Waals surface area contributed by atoms with E-state index in [4.69, 9.17) is 5.73 Å². The van der Waals surface area contributed by atoms with Gasteiger partial charge >= 0.3 is 0 Å². The predicted molar refractivity (Wildman–Crippen MR) is 70.6 cm³/mol. The molecule has 2 rings (SSSR count). The first-order valence-corrected chi connectivity index (χ1v) is 5.63. The van der Waals surface area contributed by atoms with Crippen LogP contribution in [-0.4, -0.2) is 18.2 Å². The molecule has 3 N–H and O–H groups in total. The maximum absolute atomic E-state index is 9.52. The number of aromatic hydroxyl groups is 1. The molecule has 0 spiro atoms. The zero-order valence-electron chi connectivity index (χ0n) is 9.58. The summed E-state index contributed by atoms with van der Waals surface area (Å²) in [4.78, 5) is 2.08. The van der Waals surface area contributed by atoms with Gasteiger partial charge in [0.1, 0.15) is 5.75 Å². The van der Waals surface area contributed by atoms with Gasteiger partial charge in [-0.15, -0.1) is 0 Å². The average Bonchev–Trinajstić information content (AvgIpc) is 2.37. The molecule has 0 aliphatic rings. The van der Waals surface area contributed by atoms with Crippen LogP contribution in [0.3, 0.4) is 0 Å². The highest BCUT2D eigenvalue weighted by Crippen LogP contribution is 2.27. The molecule has 0 fully saturated rings. The number of anilines is 2. The number of phenols is 1. The van der Waals surface area contributed by atoms with Crippen molar-refractivity contribution in [1.82, 2.24) is 0 Å². The zero-order valence-corrected chi connectivity index (χ0v) is 9.58. The monoisotopic (exact) mass is 228 g/mol. The van der Waals surface area contributed by atoms with E-state index in [2.05, 4.69) is 4.90 Å². The topological polar surface area (TPSA) is 49.5 Å². The Morgan fingerprint density at radius 3 is 2.29 bits per heavy atom. The molecule has 2 aromatic rings. The summed E-state index contributed by atoms with van der Waals surface area (Å²) in [5.41, 5.74) is 7.66. The summed E-state index contributed by atoms with van der Waals surface area (Å²) in [6.45, 7) is 1.28. The van der Waals surface area contributed by atoms with Gasteiger partial charge in [0.2, 0.25) is 0 Å². The van der Waals surface area contributed by atoms with Crippen LogP contribution in [0.25, 0.3) is 0 Å². The molecule has 0 amide bonds. The number of nitrogens with zero attached hydrogens (tertiary/aromatic N) is 1. The van der Waals surface area contributed by atoms with Crippen molar-refractivity contribution in [3.8, 4) is 5.75 Å². The number of hydrogen-bond acceptors (Lipinski definition) is 3. The molecule has 0 unspecified atom stereocenters. The van der Waals surface area contributed by atoms with Crippen LogP contribution in [0.4, 0.5) is 11.4 Å². The van der Waals surface area contributed by atoms with E-state index in [0.29, 0.717) is 13.1 Å². The van der Waals surface area contributed by atoms with Crippen LogP contribution in [-0.2, 0) is 0 Å². The Morgan fingerprint density at radius 2 is 1.65 bits per heavy atom. The smallest absolute Gasteiger partial charge is 0.117 e. The first kappa shape index (κ1) is 11.5. The molecule has 17 heavy (non-hydrogen) atoms. The summed E-state index contributed by atoms with van der Waals surface area (Å²) < 4.78 is 0. The van der Waals surface area contributed by atoms with Crippen LogP contribution < -0.4 is 10.6 Å². The number of hydrogen-bond donors (Lipinski definition) is 2. The average molecular weight is 228 g/mol. The summed E-state index contributed by atoms with van der Waals surface area (Å²) in [5, 5.41) is 9.52. The van der Waals surface area contributed by atoms with E-state index in [1.807, 2.05) is 42.5 Å². The lowest BCUT2D eigenvalue weighted by Crippen LogP contribution is -2.24. The Bertz CT molecular complexity index is 471. The lowest BCUT2D eigenvalue weighted by molar-refractivity contribution is 0.475. The van der Waals surface area contributed by atoms with Gasteiger partial charge in [-0.05, 0) is 24.3 Å². The van der Waals surface area contributed by atoms with Gasteiger partial charge in [0.15, 0.2) is 0 Å². The Balaban J connectivity index is 2.35. The van der Waals surface area contributed by atoms with Gasteiger partial charge in [0, 0.05) is 30.5 Å². The van der Waals surface area contributed by atoms with Gasteiger partial charge in [0.25, 0.3) is 0 Å². The van der Waals surface area contributed by atoms with Gasteiger partial charge in [-0.25, -0.2) is 0 Å². The number of phenolic OH excluding ortho intramolecular Hbond substituents is 1. The molecule has 3 nitrogen and oxygen atoms in total. The molecule has 0 aliphatic heterocycles. The number of benzene rings is 2. The third-order valence-corrected chi connectivity index (χ3v) is 2.56. The molecule has 0 aliphatic carbocycles. The second kappa shape index (κ2) is 5.37. The van der Waals surface area contributed by atoms with Crippen LogP contribution in [0.15, 0.2) is 54.6 Å². The highest BCUT2D eigenvalue weighted by atomic mass is 16.3. The predicted octanol–water partition coefficient (Wildman–Crippen LogP) is 2.49. The molecular weight excluding hydrogens is 212 g/mol. The van der Waals surface area contributed by atoms with Crippen LogP contribution >= 0.6 is 0 Å². The van der Waals surface area contributed by atoms with E-state index in [9.17, 15) is 5.11 Å². The normalized spacial score (nSPS) is 10.2. The Kier molecular flexibility index (Phi) is 3.62.